The quantitative estimate of drug-likeness (QED) is 0.183. The van der Waals surface area contributed by atoms with E-state index in [2.05, 4.69) is 33.4 Å². The van der Waals surface area contributed by atoms with Crippen molar-refractivity contribution in [3.63, 3.8) is 0 Å². The van der Waals surface area contributed by atoms with Crippen LogP contribution in [-0.2, 0) is 20.7 Å². The van der Waals surface area contributed by atoms with Crippen molar-refractivity contribution in [2.45, 2.75) is 86.5 Å². The van der Waals surface area contributed by atoms with Crippen LogP contribution >= 0.6 is 0 Å². The van der Waals surface area contributed by atoms with Crippen LogP contribution in [0.3, 0.4) is 0 Å². The predicted molar refractivity (Wildman–Crippen MR) is 136 cm³/mol. The average Bonchev–Trinajstić information content (AvgIpc) is 2.73. The molecule has 0 heterocycles. The molecule has 0 spiro atoms. The zero-order valence-electron chi connectivity index (χ0n) is 22.0. The van der Waals surface area contributed by atoms with Gasteiger partial charge in [0.1, 0.15) is 17.1 Å². The Kier molecular flexibility index (Phi) is 16.1. The van der Waals surface area contributed by atoms with Crippen LogP contribution < -0.4 is 9.47 Å². The van der Waals surface area contributed by atoms with E-state index < -0.39 is 17.9 Å². The molecule has 0 radical (unpaired) electrons. The molecule has 1 aromatic carbocycles. The summed E-state index contributed by atoms with van der Waals surface area (Å²) >= 11 is 0. The van der Waals surface area contributed by atoms with E-state index in [1.165, 1.54) is 46.3 Å². The van der Waals surface area contributed by atoms with Crippen molar-refractivity contribution < 1.29 is 28.6 Å². The topological polar surface area (TPSA) is 78.9 Å². The number of rotatable bonds is 7. The van der Waals surface area contributed by atoms with Gasteiger partial charge in [-0.3, -0.25) is 9.59 Å². The van der Waals surface area contributed by atoms with Crippen molar-refractivity contribution in [2.24, 2.45) is 5.92 Å². The molecule has 1 aliphatic carbocycles. The highest BCUT2D eigenvalue weighted by molar-refractivity contribution is 5.95. The largest absolute Gasteiger partial charge is 0.465 e. The Hall–Kier alpha value is -2.89. The number of carbonyl (C=O) groups is 3. The summed E-state index contributed by atoms with van der Waals surface area (Å²) in [5.74, 6) is -0.549. The number of allylic oxidation sites excluding steroid dienone is 3. The highest BCUT2D eigenvalue weighted by Gasteiger charge is 2.22. The number of unbranched alkanes of at least 4 members (excludes halogenated alkanes) is 2. The highest BCUT2D eigenvalue weighted by atomic mass is 16.6. The summed E-state index contributed by atoms with van der Waals surface area (Å²) in [5.41, 5.74) is 2.40. The first-order valence-corrected chi connectivity index (χ1v) is 12.0. The molecule has 190 valence electrons. The molecular weight excluding hydrogens is 432 g/mol. The molecule has 0 aromatic heterocycles. The minimum Gasteiger partial charge on any atom is -0.465 e. The van der Waals surface area contributed by atoms with E-state index in [4.69, 9.17) is 14.2 Å². The Morgan fingerprint density at radius 3 is 2.18 bits per heavy atom. The summed E-state index contributed by atoms with van der Waals surface area (Å²) in [4.78, 5) is 34.6. The van der Waals surface area contributed by atoms with Crippen LogP contribution in [0.4, 0.5) is 0 Å². The number of carbonyl (C=O) groups excluding carboxylic acids is 3. The van der Waals surface area contributed by atoms with Crippen molar-refractivity contribution in [1.29, 1.82) is 0 Å². The molecule has 0 unspecified atom stereocenters. The fraction of sp³-hybridized carbons (Fsp3) is 0.536. The van der Waals surface area contributed by atoms with Gasteiger partial charge in [0, 0.05) is 19.9 Å². The van der Waals surface area contributed by atoms with Crippen molar-refractivity contribution in [1.82, 2.24) is 0 Å². The predicted octanol–water partition coefficient (Wildman–Crippen LogP) is 7.00. The van der Waals surface area contributed by atoms with Crippen LogP contribution in [0.15, 0.2) is 36.4 Å². The first-order valence-electron chi connectivity index (χ1n) is 12.0. The summed E-state index contributed by atoms with van der Waals surface area (Å²) in [6, 6.07) is 2.95. The number of esters is 3. The summed E-state index contributed by atoms with van der Waals surface area (Å²) in [7, 11) is 1.26. The zero-order valence-corrected chi connectivity index (χ0v) is 22.0. The molecule has 0 N–H and O–H groups in total. The Morgan fingerprint density at radius 1 is 1.12 bits per heavy atom. The fourth-order valence-corrected chi connectivity index (χ4v) is 3.56. The van der Waals surface area contributed by atoms with Crippen LogP contribution in [0, 0.1) is 5.92 Å². The lowest BCUT2D eigenvalue weighted by Gasteiger charge is -2.15. The third-order valence-corrected chi connectivity index (χ3v) is 4.91. The second-order valence-corrected chi connectivity index (χ2v) is 8.38. The molecule has 2 rings (SSSR count). The minimum absolute atomic E-state index is 0.0367. The zero-order chi connectivity index (χ0) is 26.1. The van der Waals surface area contributed by atoms with Crippen LogP contribution in [0.2, 0.25) is 0 Å². The monoisotopic (exact) mass is 474 g/mol. The molecule has 6 nitrogen and oxygen atoms in total. The first-order chi connectivity index (χ1) is 16.1. The normalized spacial score (nSPS) is 14.2. The maximum Gasteiger partial charge on any atom is 0.341 e. The first kappa shape index (κ1) is 31.1. The van der Waals surface area contributed by atoms with Gasteiger partial charge in [0.25, 0.3) is 0 Å². The smallest absolute Gasteiger partial charge is 0.341 e. The lowest BCUT2D eigenvalue weighted by Crippen LogP contribution is -2.13. The maximum absolute atomic E-state index is 12.1. The second kappa shape index (κ2) is 17.6. The summed E-state index contributed by atoms with van der Waals surface area (Å²) < 4.78 is 15.0. The molecule has 6 heteroatoms. The summed E-state index contributed by atoms with van der Waals surface area (Å²) in [5, 5.41) is 0. The van der Waals surface area contributed by atoms with E-state index >= 15 is 0 Å². The van der Waals surface area contributed by atoms with E-state index in [0.717, 1.165) is 25.2 Å². The standard InChI is InChI=1S/C17H22O6.C8H14.C3H6/c1-5-6-7-8-13-9-14(22-11(2)18)10-15(23-12(3)19)16(13)17(20)21-4;1-7-4-3-5-8(2)6-7;1-3-2/h9-10H,5-8H2,1-4H3;6-7H,3-5H2,1-2H3;3H,1H2,2H3/t;7-;/m.1./s1. The fourth-order valence-electron chi connectivity index (χ4n) is 3.56. The molecule has 1 atom stereocenters. The van der Waals surface area contributed by atoms with Gasteiger partial charge in [-0.05, 0) is 63.5 Å². The minimum atomic E-state index is -0.595. The molecular formula is C28H42O6. The van der Waals surface area contributed by atoms with E-state index in [-0.39, 0.29) is 17.1 Å². The van der Waals surface area contributed by atoms with Crippen molar-refractivity contribution in [3.05, 3.63) is 47.6 Å². The van der Waals surface area contributed by atoms with Gasteiger partial charge in [0.05, 0.1) is 7.11 Å². The van der Waals surface area contributed by atoms with Gasteiger partial charge in [-0.1, -0.05) is 44.4 Å². The Balaban J connectivity index is 0.000000813. The van der Waals surface area contributed by atoms with Crippen LogP contribution in [-0.4, -0.2) is 25.0 Å². The number of methoxy groups -OCH3 is 1. The SMILES string of the molecule is C=CC.CC1=C[C@H](C)CCC1.CCCCCc1cc(OC(C)=O)cc(OC(C)=O)c1C(=O)OC. The molecule has 0 saturated carbocycles. The van der Waals surface area contributed by atoms with Crippen LogP contribution in [0.25, 0.3) is 0 Å². The molecule has 1 aliphatic rings. The molecule has 1 aromatic rings. The highest BCUT2D eigenvalue weighted by Crippen LogP contribution is 2.31. The Labute approximate surface area is 205 Å². The number of benzene rings is 1. The van der Waals surface area contributed by atoms with E-state index in [1.54, 1.807) is 17.7 Å². The number of aryl methyl sites for hydroxylation is 1. The third kappa shape index (κ3) is 13.0. The summed E-state index contributed by atoms with van der Waals surface area (Å²) in [6.07, 6.45) is 11.7. The Bertz CT molecular complexity index is 838. The van der Waals surface area contributed by atoms with Gasteiger partial charge in [-0.15, -0.1) is 6.58 Å². The molecule has 0 aliphatic heterocycles. The van der Waals surface area contributed by atoms with Crippen molar-refractivity contribution in [2.75, 3.05) is 7.11 Å². The van der Waals surface area contributed by atoms with Gasteiger partial charge in [-0.2, -0.15) is 0 Å². The van der Waals surface area contributed by atoms with Crippen LogP contribution in [0.5, 0.6) is 11.5 Å². The van der Waals surface area contributed by atoms with Gasteiger partial charge >= 0.3 is 17.9 Å². The number of hydrogen-bond acceptors (Lipinski definition) is 6. The summed E-state index contributed by atoms with van der Waals surface area (Å²) in [6.45, 7) is 14.4. The molecule has 0 bridgehead atoms. The molecule has 0 amide bonds. The van der Waals surface area contributed by atoms with Gasteiger partial charge < -0.3 is 14.2 Å². The van der Waals surface area contributed by atoms with Gasteiger partial charge in [-0.25, -0.2) is 4.79 Å². The average molecular weight is 475 g/mol. The van der Waals surface area contributed by atoms with Gasteiger partial charge in [0.2, 0.25) is 0 Å². The van der Waals surface area contributed by atoms with E-state index in [0.29, 0.717) is 12.0 Å². The number of ether oxygens (including phenoxy) is 3. The Morgan fingerprint density at radius 2 is 1.74 bits per heavy atom. The van der Waals surface area contributed by atoms with E-state index in [9.17, 15) is 14.4 Å². The van der Waals surface area contributed by atoms with Gasteiger partial charge in [0.15, 0.2) is 0 Å². The van der Waals surface area contributed by atoms with Crippen molar-refractivity contribution >= 4 is 17.9 Å². The van der Waals surface area contributed by atoms with E-state index in [1.807, 2.05) is 6.92 Å². The third-order valence-electron chi connectivity index (χ3n) is 4.91. The van der Waals surface area contributed by atoms with Crippen LogP contribution in [0.1, 0.15) is 96.0 Å². The lowest BCUT2D eigenvalue weighted by atomic mass is 9.93. The molecule has 34 heavy (non-hydrogen) atoms. The number of hydrogen-bond donors (Lipinski definition) is 0. The lowest BCUT2D eigenvalue weighted by molar-refractivity contribution is -0.132. The molecule has 0 fully saturated rings. The van der Waals surface area contributed by atoms with Crippen molar-refractivity contribution in [3.8, 4) is 11.5 Å². The second-order valence-electron chi connectivity index (χ2n) is 8.38. The maximum atomic E-state index is 12.1. The molecule has 0 saturated heterocycles.